The Morgan fingerprint density at radius 3 is 2.58 bits per heavy atom. The lowest BCUT2D eigenvalue weighted by Gasteiger charge is -2.22. The molecule has 0 aromatic carbocycles. The highest BCUT2D eigenvalue weighted by molar-refractivity contribution is 5.79. The molecule has 5 heteroatoms. The predicted octanol–water partition coefficient (Wildman–Crippen LogP) is 1.00. The molecule has 1 heterocycles. The summed E-state index contributed by atoms with van der Waals surface area (Å²) in [5.74, 6) is -0.0421. The fourth-order valence-electron chi connectivity index (χ4n) is 2.77. The fourth-order valence-corrected chi connectivity index (χ4v) is 2.77. The van der Waals surface area contributed by atoms with Gasteiger partial charge in [0.1, 0.15) is 0 Å². The summed E-state index contributed by atoms with van der Waals surface area (Å²) in [5.41, 5.74) is 2.22. The van der Waals surface area contributed by atoms with Crippen LogP contribution >= 0.6 is 0 Å². The molecular formula is C14H23N3O2. The smallest absolute Gasteiger partial charge is 0.224 e. The largest absolute Gasteiger partial charge is 0.388 e. The van der Waals surface area contributed by atoms with Crippen LogP contribution in [0, 0.1) is 13.8 Å². The number of carbonyl (C=O) groups is 1. The normalized spacial score (nSPS) is 17.7. The Balaban J connectivity index is 1.91. The van der Waals surface area contributed by atoms with E-state index in [-0.39, 0.29) is 5.91 Å². The van der Waals surface area contributed by atoms with Crippen molar-refractivity contribution in [3.63, 3.8) is 0 Å². The molecule has 0 radical (unpaired) electrons. The topological polar surface area (TPSA) is 67.2 Å². The van der Waals surface area contributed by atoms with Gasteiger partial charge < -0.3 is 10.4 Å². The van der Waals surface area contributed by atoms with Gasteiger partial charge in [-0.25, -0.2) is 0 Å². The van der Waals surface area contributed by atoms with E-state index in [9.17, 15) is 9.90 Å². The number of nitrogens with one attached hydrogen (secondary N) is 1. The summed E-state index contributed by atoms with van der Waals surface area (Å²) in [7, 11) is 1.88. The summed E-state index contributed by atoms with van der Waals surface area (Å²) < 4.78 is 1.79. The van der Waals surface area contributed by atoms with E-state index in [1.165, 1.54) is 0 Å². The predicted molar refractivity (Wildman–Crippen MR) is 72.8 cm³/mol. The number of aryl methyl sites for hydroxylation is 2. The second kappa shape index (κ2) is 5.33. The molecule has 0 spiro atoms. The van der Waals surface area contributed by atoms with Gasteiger partial charge in [0.25, 0.3) is 0 Å². The molecule has 0 aliphatic heterocycles. The van der Waals surface area contributed by atoms with Crippen molar-refractivity contribution in [1.82, 2.24) is 15.1 Å². The van der Waals surface area contributed by atoms with E-state index in [1.54, 1.807) is 4.68 Å². The second-order valence-corrected chi connectivity index (χ2v) is 5.66. The maximum absolute atomic E-state index is 12.0. The third-order valence-electron chi connectivity index (χ3n) is 4.15. The number of amides is 1. The monoisotopic (exact) mass is 265 g/mol. The van der Waals surface area contributed by atoms with Crippen molar-refractivity contribution < 1.29 is 9.90 Å². The Labute approximate surface area is 114 Å². The zero-order valence-electron chi connectivity index (χ0n) is 12.0. The summed E-state index contributed by atoms with van der Waals surface area (Å²) in [6, 6.07) is 0. The van der Waals surface area contributed by atoms with Gasteiger partial charge in [-0.1, -0.05) is 12.8 Å². The van der Waals surface area contributed by atoms with Crippen LogP contribution in [0.15, 0.2) is 0 Å². The van der Waals surface area contributed by atoms with E-state index in [1.807, 2.05) is 20.9 Å². The summed E-state index contributed by atoms with van der Waals surface area (Å²) >= 11 is 0. The van der Waals surface area contributed by atoms with Crippen LogP contribution in [0.3, 0.4) is 0 Å². The minimum Gasteiger partial charge on any atom is -0.388 e. The Bertz CT molecular complexity index is 473. The van der Waals surface area contributed by atoms with Crippen LogP contribution in [0.1, 0.15) is 42.6 Å². The quantitative estimate of drug-likeness (QED) is 0.853. The molecule has 19 heavy (non-hydrogen) atoms. The summed E-state index contributed by atoms with van der Waals surface area (Å²) in [6.45, 7) is 4.25. The Morgan fingerprint density at radius 1 is 1.42 bits per heavy atom. The van der Waals surface area contributed by atoms with Crippen LogP contribution < -0.4 is 5.32 Å². The maximum Gasteiger partial charge on any atom is 0.224 e. The van der Waals surface area contributed by atoms with Gasteiger partial charge in [0.15, 0.2) is 0 Å². The first-order chi connectivity index (χ1) is 8.91. The van der Waals surface area contributed by atoms with Gasteiger partial charge >= 0.3 is 0 Å². The van der Waals surface area contributed by atoms with Crippen molar-refractivity contribution in [3.8, 4) is 0 Å². The number of hydrogen-bond donors (Lipinski definition) is 2. The van der Waals surface area contributed by atoms with Crippen LogP contribution in [0.4, 0.5) is 0 Å². The standard InChI is InChI=1S/C14H23N3O2/c1-10-12(11(2)17(3)16-10)8-13(18)15-9-14(19)6-4-5-7-14/h19H,4-9H2,1-3H3,(H,15,18). The molecule has 1 aliphatic rings. The van der Waals surface area contributed by atoms with Gasteiger partial charge in [-0.05, 0) is 26.7 Å². The molecule has 0 saturated heterocycles. The van der Waals surface area contributed by atoms with E-state index in [2.05, 4.69) is 10.4 Å². The molecule has 1 aromatic heterocycles. The van der Waals surface area contributed by atoms with Gasteiger partial charge in [-0.15, -0.1) is 0 Å². The SMILES string of the molecule is Cc1nn(C)c(C)c1CC(=O)NCC1(O)CCCC1. The van der Waals surface area contributed by atoms with Crippen molar-refractivity contribution in [3.05, 3.63) is 17.0 Å². The molecule has 0 unspecified atom stereocenters. The average Bonchev–Trinajstić information content (AvgIpc) is 2.88. The minimum atomic E-state index is -0.686. The van der Waals surface area contributed by atoms with Gasteiger partial charge in [0, 0.05) is 24.8 Å². The van der Waals surface area contributed by atoms with Crippen LogP contribution in [0.2, 0.25) is 0 Å². The molecule has 2 rings (SSSR count). The third-order valence-corrected chi connectivity index (χ3v) is 4.15. The minimum absolute atomic E-state index is 0.0421. The van der Waals surface area contributed by atoms with E-state index in [4.69, 9.17) is 0 Å². The van der Waals surface area contributed by atoms with Gasteiger partial charge in [0.05, 0.1) is 17.7 Å². The first-order valence-electron chi connectivity index (χ1n) is 6.89. The van der Waals surface area contributed by atoms with Crippen molar-refractivity contribution in [2.75, 3.05) is 6.54 Å². The number of carbonyl (C=O) groups excluding carboxylic acids is 1. The van der Waals surface area contributed by atoms with Crippen molar-refractivity contribution >= 4 is 5.91 Å². The highest BCUT2D eigenvalue weighted by Gasteiger charge is 2.31. The van der Waals surface area contributed by atoms with Crippen molar-refractivity contribution in [2.45, 2.75) is 51.6 Å². The number of aromatic nitrogens is 2. The highest BCUT2D eigenvalue weighted by Crippen LogP contribution is 2.28. The average molecular weight is 265 g/mol. The molecule has 1 aromatic rings. The van der Waals surface area contributed by atoms with E-state index in [0.29, 0.717) is 13.0 Å². The molecule has 5 nitrogen and oxygen atoms in total. The lowest BCUT2D eigenvalue weighted by Crippen LogP contribution is -2.41. The second-order valence-electron chi connectivity index (χ2n) is 5.66. The number of nitrogens with zero attached hydrogens (tertiary/aromatic N) is 2. The molecule has 1 aliphatic carbocycles. The number of rotatable bonds is 4. The molecule has 0 atom stereocenters. The maximum atomic E-state index is 12.0. The Kier molecular flexibility index (Phi) is 3.94. The van der Waals surface area contributed by atoms with Crippen LogP contribution in [-0.2, 0) is 18.3 Å². The number of aliphatic hydroxyl groups is 1. The Morgan fingerprint density at radius 2 is 2.05 bits per heavy atom. The highest BCUT2D eigenvalue weighted by atomic mass is 16.3. The van der Waals surface area contributed by atoms with E-state index in [0.717, 1.165) is 42.6 Å². The molecule has 0 bridgehead atoms. The van der Waals surface area contributed by atoms with Crippen molar-refractivity contribution in [1.29, 1.82) is 0 Å². The first kappa shape index (κ1) is 14.1. The number of hydrogen-bond acceptors (Lipinski definition) is 3. The first-order valence-corrected chi connectivity index (χ1v) is 6.89. The fraction of sp³-hybridized carbons (Fsp3) is 0.714. The zero-order chi connectivity index (χ0) is 14.0. The van der Waals surface area contributed by atoms with Crippen LogP contribution in [-0.4, -0.2) is 32.9 Å². The van der Waals surface area contributed by atoms with Gasteiger partial charge in [-0.3, -0.25) is 9.48 Å². The molecule has 2 N–H and O–H groups in total. The lowest BCUT2D eigenvalue weighted by molar-refractivity contribution is -0.121. The third kappa shape index (κ3) is 3.15. The lowest BCUT2D eigenvalue weighted by atomic mass is 10.0. The van der Waals surface area contributed by atoms with Crippen molar-refractivity contribution in [2.24, 2.45) is 7.05 Å². The van der Waals surface area contributed by atoms with E-state index >= 15 is 0 Å². The Hall–Kier alpha value is -1.36. The molecule has 1 fully saturated rings. The zero-order valence-corrected chi connectivity index (χ0v) is 12.0. The van der Waals surface area contributed by atoms with Gasteiger partial charge in [-0.2, -0.15) is 5.10 Å². The van der Waals surface area contributed by atoms with Crippen LogP contribution in [0.5, 0.6) is 0 Å². The molecular weight excluding hydrogens is 242 g/mol. The molecule has 1 saturated carbocycles. The molecule has 106 valence electrons. The summed E-state index contributed by atoms with van der Waals surface area (Å²) in [5, 5.41) is 17.3. The van der Waals surface area contributed by atoms with Gasteiger partial charge in [0.2, 0.25) is 5.91 Å². The summed E-state index contributed by atoms with van der Waals surface area (Å²) in [6.07, 6.45) is 4.01. The van der Waals surface area contributed by atoms with Crippen LogP contribution in [0.25, 0.3) is 0 Å². The summed E-state index contributed by atoms with van der Waals surface area (Å²) in [4.78, 5) is 12.0. The van der Waals surface area contributed by atoms with E-state index < -0.39 is 5.60 Å². The molecule has 1 amide bonds.